The zero-order valence-electron chi connectivity index (χ0n) is 18.3. The fourth-order valence-corrected chi connectivity index (χ4v) is 3.35. The molecule has 1 aromatic carbocycles. The molecule has 0 spiro atoms. The average molecular weight is 540 g/mol. The Morgan fingerprint density at radius 2 is 1.84 bits per heavy atom. The molecule has 1 N–H and O–H groups in total. The predicted octanol–water partition coefficient (Wildman–Crippen LogP) is 3.47. The third kappa shape index (κ3) is 7.84. The monoisotopic (exact) mass is 540 g/mol. The Bertz CT molecular complexity index is 790. The van der Waals surface area contributed by atoms with Gasteiger partial charge in [0, 0.05) is 39.3 Å². The van der Waals surface area contributed by atoms with E-state index in [1.807, 2.05) is 23.1 Å². The van der Waals surface area contributed by atoms with Crippen LogP contribution < -0.4 is 5.32 Å². The van der Waals surface area contributed by atoms with Gasteiger partial charge in [-0.05, 0) is 30.5 Å². The smallest absolute Gasteiger partial charge is 0.289 e. The number of ether oxygens (including phenoxy) is 1. The molecule has 1 amide bonds. The summed E-state index contributed by atoms with van der Waals surface area (Å²) < 4.78 is 11.1. The maximum Gasteiger partial charge on any atom is 0.289 e. The lowest BCUT2D eigenvalue weighted by Gasteiger charge is -2.36. The lowest BCUT2D eigenvalue weighted by molar-refractivity contribution is 0.0657. The van der Waals surface area contributed by atoms with Crippen LogP contribution in [-0.4, -0.2) is 67.5 Å². The predicted molar refractivity (Wildman–Crippen MR) is 133 cm³/mol. The lowest BCUT2D eigenvalue weighted by Crippen LogP contribution is -2.53. The quantitative estimate of drug-likeness (QED) is 0.316. The normalized spacial score (nSPS) is 15.4. The number of carbonyl (C=O) groups is 1. The van der Waals surface area contributed by atoms with Crippen molar-refractivity contribution in [2.24, 2.45) is 10.9 Å². The van der Waals surface area contributed by atoms with Gasteiger partial charge in [0.1, 0.15) is 0 Å². The highest BCUT2D eigenvalue weighted by molar-refractivity contribution is 14.0. The maximum absolute atomic E-state index is 12.4. The van der Waals surface area contributed by atoms with Crippen molar-refractivity contribution in [3.05, 3.63) is 60.1 Å². The molecule has 1 aromatic heterocycles. The number of carbonyl (C=O) groups excluding carboxylic acids is 1. The molecule has 0 saturated carbocycles. The highest BCUT2D eigenvalue weighted by Gasteiger charge is 2.25. The third-order valence-corrected chi connectivity index (χ3v) is 5.00. The van der Waals surface area contributed by atoms with Gasteiger partial charge in [-0.1, -0.05) is 37.3 Å². The second-order valence-corrected chi connectivity index (χ2v) is 7.56. The van der Waals surface area contributed by atoms with Crippen molar-refractivity contribution >= 4 is 35.8 Å². The van der Waals surface area contributed by atoms with E-state index >= 15 is 0 Å². The molecule has 2 aromatic rings. The molecule has 1 aliphatic rings. The molecule has 1 aliphatic heterocycles. The van der Waals surface area contributed by atoms with Crippen LogP contribution in [0, 0.1) is 5.92 Å². The van der Waals surface area contributed by atoms with E-state index in [2.05, 4.69) is 36.2 Å². The lowest BCUT2D eigenvalue weighted by atomic mass is 10.2. The van der Waals surface area contributed by atoms with Crippen molar-refractivity contribution in [1.82, 2.24) is 15.1 Å². The molecule has 1 saturated heterocycles. The number of piperazine rings is 1. The Morgan fingerprint density at radius 1 is 1.13 bits per heavy atom. The third-order valence-electron chi connectivity index (χ3n) is 5.00. The van der Waals surface area contributed by atoms with Gasteiger partial charge in [0.2, 0.25) is 0 Å². The number of rotatable bonds is 8. The van der Waals surface area contributed by atoms with E-state index in [1.165, 1.54) is 11.8 Å². The molecule has 0 bridgehead atoms. The fourth-order valence-electron chi connectivity index (χ4n) is 3.35. The first-order chi connectivity index (χ1) is 14.7. The van der Waals surface area contributed by atoms with Crippen LogP contribution >= 0.6 is 24.0 Å². The number of benzene rings is 1. The van der Waals surface area contributed by atoms with E-state index in [0.29, 0.717) is 44.5 Å². The van der Waals surface area contributed by atoms with Crippen molar-refractivity contribution in [2.45, 2.75) is 20.5 Å². The standard InChI is InChI=1S/C23H32N4O3.HI/c1-3-24-23(25-16-19(2)17-29-18-20-8-5-4-6-9-20)27-13-11-26(12-14-27)22(28)21-10-7-15-30-21;/h4-10,15,19H,3,11-14,16-18H2,1-2H3,(H,24,25);1H. The van der Waals surface area contributed by atoms with Gasteiger partial charge in [0.05, 0.1) is 19.5 Å². The molecule has 170 valence electrons. The molecular formula is C23H33IN4O3. The fraction of sp³-hybridized carbons (Fsp3) is 0.478. The number of guanidine groups is 1. The number of aliphatic imine (C=N–C) groups is 1. The minimum atomic E-state index is -0.0502. The summed E-state index contributed by atoms with van der Waals surface area (Å²) in [4.78, 5) is 21.3. The second-order valence-electron chi connectivity index (χ2n) is 7.56. The summed E-state index contributed by atoms with van der Waals surface area (Å²) in [6.07, 6.45) is 1.53. The Hall–Kier alpha value is -2.07. The van der Waals surface area contributed by atoms with E-state index in [4.69, 9.17) is 14.1 Å². The van der Waals surface area contributed by atoms with Crippen molar-refractivity contribution in [2.75, 3.05) is 45.9 Å². The summed E-state index contributed by atoms with van der Waals surface area (Å²) >= 11 is 0. The first-order valence-corrected chi connectivity index (χ1v) is 10.6. The van der Waals surface area contributed by atoms with E-state index in [0.717, 1.165) is 25.6 Å². The minimum absolute atomic E-state index is 0. The Labute approximate surface area is 201 Å². The summed E-state index contributed by atoms with van der Waals surface area (Å²) in [6.45, 7) is 9.82. The minimum Gasteiger partial charge on any atom is -0.459 e. The summed E-state index contributed by atoms with van der Waals surface area (Å²) in [6, 6.07) is 13.7. The van der Waals surface area contributed by atoms with Crippen LogP contribution in [0.3, 0.4) is 0 Å². The Kier molecular flexibility index (Phi) is 10.9. The molecular weight excluding hydrogens is 507 g/mol. The highest BCUT2D eigenvalue weighted by Crippen LogP contribution is 2.10. The van der Waals surface area contributed by atoms with Gasteiger partial charge in [-0.25, -0.2) is 0 Å². The van der Waals surface area contributed by atoms with Crippen molar-refractivity contribution < 1.29 is 13.9 Å². The van der Waals surface area contributed by atoms with Crippen LogP contribution in [0.4, 0.5) is 0 Å². The maximum atomic E-state index is 12.4. The number of halogens is 1. The molecule has 31 heavy (non-hydrogen) atoms. The summed E-state index contributed by atoms with van der Waals surface area (Å²) in [7, 11) is 0. The van der Waals surface area contributed by atoms with Crippen molar-refractivity contribution in [3.8, 4) is 0 Å². The van der Waals surface area contributed by atoms with E-state index < -0.39 is 0 Å². The highest BCUT2D eigenvalue weighted by atomic mass is 127. The number of nitrogens with one attached hydrogen (secondary N) is 1. The van der Waals surface area contributed by atoms with Crippen molar-refractivity contribution in [3.63, 3.8) is 0 Å². The molecule has 0 radical (unpaired) electrons. The molecule has 0 aliphatic carbocycles. The molecule has 8 heteroatoms. The van der Waals surface area contributed by atoms with Crippen LogP contribution in [0.5, 0.6) is 0 Å². The van der Waals surface area contributed by atoms with Crippen molar-refractivity contribution in [1.29, 1.82) is 0 Å². The van der Waals surface area contributed by atoms with Gasteiger partial charge in [-0.2, -0.15) is 0 Å². The first kappa shape index (κ1) is 25.2. The first-order valence-electron chi connectivity index (χ1n) is 10.6. The van der Waals surface area contributed by atoms with Crippen LogP contribution in [0.1, 0.15) is 30.0 Å². The van der Waals surface area contributed by atoms with E-state index in [1.54, 1.807) is 12.1 Å². The van der Waals surface area contributed by atoms with E-state index in [9.17, 15) is 4.79 Å². The zero-order valence-corrected chi connectivity index (χ0v) is 20.7. The Morgan fingerprint density at radius 3 is 2.48 bits per heavy atom. The van der Waals surface area contributed by atoms with Gasteiger partial charge in [0.15, 0.2) is 11.7 Å². The van der Waals surface area contributed by atoms with Gasteiger partial charge >= 0.3 is 0 Å². The molecule has 1 unspecified atom stereocenters. The summed E-state index contributed by atoms with van der Waals surface area (Å²) in [5.74, 6) is 1.57. The second kappa shape index (κ2) is 13.4. The van der Waals surface area contributed by atoms with Crippen LogP contribution in [0.15, 0.2) is 58.1 Å². The molecule has 1 fully saturated rings. The Balaban J connectivity index is 0.00000341. The zero-order chi connectivity index (χ0) is 21.2. The number of furan rings is 1. The van der Waals surface area contributed by atoms with E-state index in [-0.39, 0.29) is 29.9 Å². The SMILES string of the molecule is CCNC(=NCC(C)COCc1ccccc1)N1CCN(C(=O)c2ccco2)CC1.I. The van der Waals surface area contributed by atoms with Gasteiger partial charge in [-0.15, -0.1) is 24.0 Å². The van der Waals surface area contributed by atoms with Gasteiger partial charge < -0.3 is 24.3 Å². The number of nitrogens with zero attached hydrogens (tertiary/aromatic N) is 3. The molecule has 2 heterocycles. The van der Waals surface area contributed by atoms with Gasteiger partial charge in [0.25, 0.3) is 5.91 Å². The molecule has 7 nitrogen and oxygen atoms in total. The number of hydrogen-bond donors (Lipinski definition) is 1. The largest absolute Gasteiger partial charge is 0.459 e. The topological polar surface area (TPSA) is 70.3 Å². The molecule has 3 rings (SSSR count). The molecule has 1 atom stereocenters. The van der Waals surface area contributed by atoms with Gasteiger partial charge in [-0.3, -0.25) is 9.79 Å². The average Bonchev–Trinajstić information content (AvgIpc) is 3.32. The number of amides is 1. The van der Waals surface area contributed by atoms with Crippen LogP contribution in [0.2, 0.25) is 0 Å². The summed E-state index contributed by atoms with van der Waals surface area (Å²) in [5.41, 5.74) is 1.18. The van der Waals surface area contributed by atoms with Crippen LogP contribution in [-0.2, 0) is 11.3 Å². The summed E-state index contributed by atoms with van der Waals surface area (Å²) in [5, 5.41) is 3.37. The van der Waals surface area contributed by atoms with Crippen LogP contribution in [0.25, 0.3) is 0 Å². The number of hydrogen-bond acceptors (Lipinski definition) is 4.